The van der Waals surface area contributed by atoms with E-state index in [1.54, 1.807) is 0 Å². The smallest absolute Gasteiger partial charge is 0.149 e. The van der Waals surface area contributed by atoms with Gasteiger partial charge in [0.15, 0.2) is 5.15 Å². The first-order chi connectivity index (χ1) is 7.59. The molecule has 2 nitrogen and oxygen atoms in total. The Kier molecular flexibility index (Phi) is 3.26. The van der Waals surface area contributed by atoms with Crippen LogP contribution in [-0.4, -0.2) is 10.2 Å². The molecule has 1 heterocycles. The van der Waals surface area contributed by atoms with Crippen LogP contribution in [0.5, 0.6) is 0 Å². The van der Waals surface area contributed by atoms with Crippen LogP contribution >= 0.6 is 27.5 Å². The second-order valence-corrected chi connectivity index (χ2v) is 4.87. The third kappa shape index (κ3) is 2.11. The Balaban J connectivity index is 2.57. The lowest BCUT2D eigenvalue weighted by Crippen LogP contribution is -1.96. The number of hydrogen-bond acceptors (Lipinski definition) is 2. The Labute approximate surface area is 108 Å². The van der Waals surface area contributed by atoms with E-state index in [1.165, 1.54) is 0 Å². The highest BCUT2D eigenvalue weighted by molar-refractivity contribution is 9.10. The lowest BCUT2D eigenvalue weighted by molar-refractivity contribution is 1.00. The average molecular weight is 298 g/mol. The third-order valence-electron chi connectivity index (χ3n) is 2.58. The summed E-state index contributed by atoms with van der Waals surface area (Å²) in [6, 6.07) is 7.99. The van der Waals surface area contributed by atoms with Gasteiger partial charge in [-0.05, 0) is 37.1 Å². The van der Waals surface area contributed by atoms with E-state index in [1.807, 2.05) is 38.1 Å². The van der Waals surface area contributed by atoms with Crippen LogP contribution in [-0.2, 0) is 0 Å². The molecular weight excluding hydrogens is 288 g/mol. The first-order valence-electron chi connectivity index (χ1n) is 4.85. The summed E-state index contributed by atoms with van der Waals surface area (Å²) in [6.07, 6.45) is 0. The largest absolute Gasteiger partial charge is 0.154 e. The van der Waals surface area contributed by atoms with Gasteiger partial charge in [-0.1, -0.05) is 39.7 Å². The molecule has 0 saturated heterocycles. The number of rotatable bonds is 1. The zero-order chi connectivity index (χ0) is 11.7. The highest BCUT2D eigenvalue weighted by Gasteiger charge is 2.09. The Hall–Kier alpha value is -0.930. The van der Waals surface area contributed by atoms with Crippen molar-refractivity contribution < 1.29 is 0 Å². The van der Waals surface area contributed by atoms with Crippen molar-refractivity contribution in [1.82, 2.24) is 10.2 Å². The van der Waals surface area contributed by atoms with Crippen molar-refractivity contribution in [2.45, 2.75) is 13.8 Å². The summed E-state index contributed by atoms with van der Waals surface area (Å²) in [7, 11) is 0. The molecule has 2 rings (SSSR count). The van der Waals surface area contributed by atoms with Crippen molar-refractivity contribution >= 4 is 27.5 Å². The van der Waals surface area contributed by atoms with E-state index in [-0.39, 0.29) is 0 Å². The molecule has 0 saturated carbocycles. The highest BCUT2D eigenvalue weighted by Crippen LogP contribution is 2.26. The number of aromatic nitrogens is 2. The lowest BCUT2D eigenvalue weighted by atomic mass is 10.0. The monoisotopic (exact) mass is 296 g/mol. The summed E-state index contributed by atoms with van der Waals surface area (Å²) in [5.74, 6) is 0. The molecule has 0 aliphatic heterocycles. The predicted molar refractivity (Wildman–Crippen MR) is 69.7 cm³/mol. The Morgan fingerprint density at radius 1 is 1.00 bits per heavy atom. The number of halogens is 2. The van der Waals surface area contributed by atoms with Gasteiger partial charge in [0.2, 0.25) is 0 Å². The van der Waals surface area contributed by atoms with Gasteiger partial charge < -0.3 is 0 Å². The normalized spacial score (nSPS) is 10.5. The first kappa shape index (κ1) is 11.6. The Bertz CT molecular complexity index is 523. The standard InChI is InChI=1S/C12H10BrClN2/c1-7-8(2)12(14)16-15-11(7)9-3-5-10(13)6-4-9/h3-6H,1-2H3. The molecule has 0 atom stereocenters. The quantitative estimate of drug-likeness (QED) is 0.789. The van der Waals surface area contributed by atoms with Crippen LogP contribution < -0.4 is 0 Å². The van der Waals surface area contributed by atoms with Gasteiger partial charge in [-0.3, -0.25) is 0 Å². The Morgan fingerprint density at radius 3 is 2.25 bits per heavy atom. The van der Waals surface area contributed by atoms with Gasteiger partial charge in [0.25, 0.3) is 0 Å². The molecule has 16 heavy (non-hydrogen) atoms. The Morgan fingerprint density at radius 2 is 1.62 bits per heavy atom. The molecule has 0 aliphatic carbocycles. The molecule has 0 spiro atoms. The SMILES string of the molecule is Cc1c(Cl)nnc(-c2ccc(Br)cc2)c1C. The summed E-state index contributed by atoms with van der Waals surface area (Å²) < 4.78 is 1.05. The molecule has 0 aliphatic rings. The molecular formula is C12H10BrClN2. The molecule has 0 bridgehead atoms. The highest BCUT2D eigenvalue weighted by atomic mass is 79.9. The van der Waals surface area contributed by atoms with Crippen LogP contribution in [0.15, 0.2) is 28.7 Å². The van der Waals surface area contributed by atoms with E-state index in [2.05, 4.69) is 26.1 Å². The lowest BCUT2D eigenvalue weighted by Gasteiger charge is -2.07. The number of hydrogen-bond donors (Lipinski definition) is 0. The summed E-state index contributed by atoms with van der Waals surface area (Å²) in [4.78, 5) is 0. The maximum Gasteiger partial charge on any atom is 0.154 e. The first-order valence-corrected chi connectivity index (χ1v) is 6.02. The predicted octanol–water partition coefficient (Wildman–Crippen LogP) is 4.18. The minimum atomic E-state index is 0.471. The van der Waals surface area contributed by atoms with Crippen LogP contribution in [0.25, 0.3) is 11.3 Å². The van der Waals surface area contributed by atoms with Gasteiger partial charge in [-0.15, -0.1) is 10.2 Å². The van der Waals surface area contributed by atoms with Crippen molar-refractivity contribution in [2.75, 3.05) is 0 Å². The maximum atomic E-state index is 5.92. The van der Waals surface area contributed by atoms with Crippen molar-refractivity contribution in [3.8, 4) is 11.3 Å². The molecule has 2 aromatic rings. The van der Waals surface area contributed by atoms with E-state index in [4.69, 9.17) is 11.6 Å². The van der Waals surface area contributed by atoms with Crippen molar-refractivity contribution in [3.05, 3.63) is 45.0 Å². The molecule has 4 heteroatoms. The van der Waals surface area contributed by atoms with Crippen LogP contribution in [0.4, 0.5) is 0 Å². The zero-order valence-electron chi connectivity index (χ0n) is 8.96. The summed E-state index contributed by atoms with van der Waals surface area (Å²) >= 11 is 9.32. The molecule has 0 N–H and O–H groups in total. The van der Waals surface area contributed by atoms with Gasteiger partial charge in [0.05, 0.1) is 5.69 Å². The second kappa shape index (κ2) is 4.52. The molecule has 82 valence electrons. The van der Waals surface area contributed by atoms with E-state index in [9.17, 15) is 0 Å². The third-order valence-corrected chi connectivity index (χ3v) is 3.47. The molecule has 0 amide bonds. The summed E-state index contributed by atoms with van der Waals surface area (Å²) in [6.45, 7) is 3.96. The van der Waals surface area contributed by atoms with Crippen LogP contribution in [0.1, 0.15) is 11.1 Å². The number of nitrogens with zero attached hydrogens (tertiary/aromatic N) is 2. The minimum absolute atomic E-state index is 0.471. The molecule has 0 radical (unpaired) electrons. The van der Waals surface area contributed by atoms with Crippen molar-refractivity contribution in [2.24, 2.45) is 0 Å². The fourth-order valence-corrected chi connectivity index (χ4v) is 1.90. The van der Waals surface area contributed by atoms with Gasteiger partial charge >= 0.3 is 0 Å². The maximum absolute atomic E-state index is 5.92. The zero-order valence-corrected chi connectivity index (χ0v) is 11.3. The van der Waals surface area contributed by atoms with Crippen LogP contribution in [0.3, 0.4) is 0 Å². The second-order valence-electron chi connectivity index (χ2n) is 3.60. The van der Waals surface area contributed by atoms with E-state index in [0.29, 0.717) is 5.15 Å². The van der Waals surface area contributed by atoms with E-state index in [0.717, 1.165) is 26.9 Å². The van der Waals surface area contributed by atoms with Crippen molar-refractivity contribution in [3.63, 3.8) is 0 Å². The van der Waals surface area contributed by atoms with Crippen molar-refractivity contribution in [1.29, 1.82) is 0 Å². The van der Waals surface area contributed by atoms with Gasteiger partial charge in [-0.25, -0.2) is 0 Å². The fraction of sp³-hybridized carbons (Fsp3) is 0.167. The topological polar surface area (TPSA) is 25.8 Å². The van der Waals surface area contributed by atoms with E-state index >= 15 is 0 Å². The molecule has 0 fully saturated rings. The van der Waals surface area contributed by atoms with Crippen LogP contribution in [0, 0.1) is 13.8 Å². The van der Waals surface area contributed by atoms with E-state index < -0.39 is 0 Å². The fourth-order valence-electron chi connectivity index (χ4n) is 1.46. The summed E-state index contributed by atoms with van der Waals surface area (Å²) in [5, 5.41) is 8.55. The van der Waals surface area contributed by atoms with Gasteiger partial charge in [-0.2, -0.15) is 0 Å². The average Bonchev–Trinajstić information content (AvgIpc) is 2.28. The number of benzene rings is 1. The van der Waals surface area contributed by atoms with Crippen LogP contribution in [0.2, 0.25) is 5.15 Å². The van der Waals surface area contributed by atoms with Gasteiger partial charge in [0.1, 0.15) is 0 Å². The molecule has 0 unspecified atom stereocenters. The summed E-state index contributed by atoms with van der Waals surface area (Å²) in [5.41, 5.74) is 3.99. The molecule has 1 aromatic heterocycles. The van der Waals surface area contributed by atoms with Gasteiger partial charge in [0, 0.05) is 10.0 Å². The molecule has 1 aromatic carbocycles. The minimum Gasteiger partial charge on any atom is -0.149 e.